The molecule has 1 atom stereocenters. The molecule has 5 heteroatoms. The Morgan fingerprint density at radius 1 is 1.59 bits per heavy atom. The number of hydrogen-bond acceptors (Lipinski definition) is 4. The van der Waals surface area contributed by atoms with Gasteiger partial charge in [0.05, 0.1) is 5.60 Å². The van der Waals surface area contributed by atoms with Crippen LogP contribution in [0.25, 0.3) is 0 Å². The third kappa shape index (κ3) is 2.46. The Hall–Kier alpha value is -0.650. The van der Waals surface area contributed by atoms with Gasteiger partial charge in [0.2, 0.25) is 0 Å². The van der Waals surface area contributed by atoms with Gasteiger partial charge in [0.15, 0.2) is 0 Å². The smallest absolute Gasteiger partial charge is 0.304 e. The standard InChI is InChI=1S/C12H18N2O2S/c15-11-14-10(8-17-11)7-13-9-2-5-16-12(6-9)3-1-4-12/h8-9,13H,1-7H2,(H,14,15). The second-order valence-corrected chi connectivity index (χ2v) is 5.97. The van der Waals surface area contributed by atoms with Crippen LogP contribution >= 0.6 is 11.3 Å². The van der Waals surface area contributed by atoms with Crippen molar-refractivity contribution >= 4 is 11.3 Å². The summed E-state index contributed by atoms with van der Waals surface area (Å²) < 4.78 is 5.89. The van der Waals surface area contributed by atoms with Crippen molar-refractivity contribution in [3.8, 4) is 0 Å². The number of aromatic nitrogens is 1. The molecule has 94 valence electrons. The van der Waals surface area contributed by atoms with Crippen LogP contribution in [0.4, 0.5) is 0 Å². The Labute approximate surface area is 104 Å². The summed E-state index contributed by atoms with van der Waals surface area (Å²) in [5.74, 6) is 0. The maximum absolute atomic E-state index is 11.0. The molecule has 1 aliphatic heterocycles. The van der Waals surface area contributed by atoms with Crippen LogP contribution in [0.5, 0.6) is 0 Å². The van der Waals surface area contributed by atoms with Crippen molar-refractivity contribution in [2.24, 2.45) is 0 Å². The molecule has 1 aliphatic carbocycles. The summed E-state index contributed by atoms with van der Waals surface area (Å²) in [6, 6.07) is 0.535. The molecule has 2 heterocycles. The van der Waals surface area contributed by atoms with Crippen LogP contribution in [0, 0.1) is 0 Å². The third-order valence-corrected chi connectivity index (χ3v) is 4.63. The van der Waals surface area contributed by atoms with Gasteiger partial charge in [0.1, 0.15) is 0 Å². The van der Waals surface area contributed by atoms with E-state index < -0.39 is 0 Å². The lowest BCUT2D eigenvalue weighted by atomic mass is 9.74. The maximum atomic E-state index is 11.0. The number of thiazole rings is 1. The molecule has 1 aromatic heterocycles. The second kappa shape index (κ2) is 4.55. The summed E-state index contributed by atoms with van der Waals surface area (Å²) in [5.41, 5.74) is 1.19. The van der Waals surface area contributed by atoms with Crippen LogP contribution in [-0.2, 0) is 11.3 Å². The molecule has 1 saturated heterocycles. The molecule has 2 N–H and O–H groups in total. The molecule has 2 fully saturated rings. The lowest BCUT2D eigenvalue weighted by Crippen LogP contribution is -2.50. The number of ether oxygens (including phenoxy) is 1. The zero-order chi connectivity index (χ0) is 11.7. The first-order valence-electron chi connectivity index (χ1n) is 6.30. The Balaban J connectivity index is 1.53. The minimum Gasteiger partial charge on any atom is -0.375 e. The van der Waals surface area contributed by atoms with E-state index in [1.165, 1.54) is 30.6 Å². The average molecular weight is 254 g/mol. The first-order chi connectivity index (χ1) is 8.26. The molecule has 0 aromatic carbocycles. The lowest BCUT2D eigenvalue weighted by Gasteiger charge is -2.47. The van der Waals surface area contributed by atoms with Crippen LogP contribution in [0.2, 0.25) is 0 Å². The fourth-order valence-electron chi connectivity index (χ4n) is 2.78. The van der Waals surface area contributed by atoms with Crippen molar-refractivity contribution < 1.29 is 4.74 Å². The molecule has 0 amide bonds. The van der Waals surface area contributed by atoms with E-state index in [0.717, 1.165) is 31.7 Å². The number of hydrogen-bond donors (Lipinski definition) is 2. The minimum atomic E-state index is 0.0317. The van der Waals surface area contributed by atoms with E-state index in [4.69, 9.17) is 4.74 Å². The molecular formula is C12H18N2O2S. The summed E-state index contributed by atoms with van der Waals surface area (Å²) >= 11 is 1.23. The van der Waals surface area contributed by atoms with Crippen molar-refractivity contribution in [1.29, 1.82) is 0 Å². The van der Waals surface area contributed by atoms with Gasteiger partial charge in [-0.05, 0) is 32.1 Å². The van der Waals surface area contributed by atoms with Gasteiger partial charge in [0, 0.05) is 30.3 Å². The van der Waals surface area contributed by atoms with E-state index >= 15 is 0 Å². The topological polar surface area (TPSA) is 54.1 Å². The lowest BCUT2D eigenvalue weighted by molar-refractivity contribution is -0.135. The van der Waals surface area contributed by atoms with Gasteiger partial charge < -0.3 is 15.0 Å². The van der Waals surface area contributed by atoms with E-state index in [9.17, 15) is 4.79 Å². The molecule has 17 heavy (non-hydrogen) atoms. The zero-order valence-electron chi connectivity index (χ0n) is 9.83. The predicted octanol–water partition coefficient (Wildman–Crippen LogP) is 1.63. The summed E-state index contributed by atoms with van der Waals surface area (Å²) in [4.78, 5) is 13.9. The van der Waals surface area contributed by atoms with E-state index in [1.54, 1.807) is 0 Å². The van der Waals surface area contributed by atoms with E-state index in [-0.39, 0.29) is 10.5 Å². The largest absolute Gasteiger partial charge is 0.375 e. The molecule has 3 rings (SSSR count). The van der Waals surface area contributed by atoms with Crippen LogP contribution in [0.15, 0.2) is 10.2 Å². The van der Waals surface area contributed by atoms with Gasteiger partial charge in [-0.1, -0.05) is 11.3 Å². The molecule has 2 aliphatic rings. The van der Waals surface area contributed by atoms with Gasteiger partial charge in [-0.25, -0.2) is 0 Å². The normalized spacial score (nSPS) is 26.9. The molecule has 4 nitrogen and oxygen atoms in total. The summed E-state index contributed by atoms with van der Waals surface area (Å²) in [7, 11) is 0. The van der Waals surface area contributed by atoms with E-state index in [1.807, 2.05) is 5.38 Å². The van der Waals surface area contributed by atoms with Gasteiger partial charge in [-0.15, -0.1) is 0 Å². The van der Waals surface area contributed by atoms with E-state index in [2.05, 4.69) is 10.3 Å². The third-order valence-electron chi connectivity index (χ3n) is 3.91. The van der Waals surface area contributed by atoms with Gasteiger partial charge in [-0.3, -0.25) is 4.79 Å². The number of rotatable bonds is 3. The molecule has 1 saturated carbocycles. The molecule has 1 spiro atoms. The van der Waals surface area contributed by atoms with Crippen molar-refractivity contribution in [1.82, 2.24) is 10.3 Å². The summed E-state index contributed by atoms with van der Waals surface area (Å²) in [6.07, 6.45) is 5.96. The van der Waals surface area contributed by atoms with Crippen LogP contribution in [0.1, 0.15) is 37.8 Å². The highest BCUT2D eigenvalue weighted by atomic mass is 32.1. The fraction of sp³-hybridized carbons (Fsp3) is 0.750. The number of nitrogens with one attached hydrogen (secondary N) is 2. The Morgan fingerprint density at radius 2 is 2.47 bits per heavy atom. The molecule has 1 aromatic rings. The van der Waals surface area contributed by atoms with Crippen molar-refractivity contribution in [2.45, 2.75) is 50.3 Å². The van der Waals surface area contributed by atoms with Gasteiger partial charge >= 0.3 is 4.87 Å². The van der Waals surface area contributed by atoms with Crippen molar-refractivity contribution in [3.05, 3.63) is 20.7 Å². The first-order valence-corrected chi connectivity index (χ1v) is 7.18. The Bertz CT molecular complexity index is 436. The van der Waals surface area contributed by atoms with Crippen molar-refractivity contribution in [2.75, 3.05) is 6.61 Å². The van der Waals surface area contributed by atoms with Crippen LogP contribution < -0.4 is 10.2 Å². The van der Waals surface area contributed by atoms with Gasteiger partial charge in [-0.2, -0.15) is 0 Å². The number of aromatic amines is 1. The quantitative estimate of drug-likeness (QED) is 0.862. The van der Waals surface area contributed by atoms with Crippen molar-refractivity contribution in [3.63, 3.8) is 0 Å². The first kappa shape index (κ1) is 11.4. The fourth-order valence-corrected chi connectivity index (χ4v) is 3.36. The minimum absolute atomic E-state index is 0.0317. The monoisotopic (exact) mass is 254 g/mol. The molecule has 1 unspecified atom stereocenters. The second-order valence-electron chi connectivity index (χ2n) is 5.13. The highest BCUT2D eigenvalue weighted by Crippen LogP contribution is 2.42. The summed E-state index contributed by atoms with van der Waals surface area (Å²) in [5, 5.41) is 5.43. The predicted molar refractivity (Wildman–Crippen MR) is 67.3 cm³/mol. The molecular weight excluding hydrogens is 236 g/mol. The SMILES string of the molecule is O=c1[nH]c(CNC2CCOC3(CCC3)C2)cs1. The number of H-pyrrole nitrogens is 1. The zero-order valence-corrected chi connectivity index (χ0v) is 10.6. The van der Waals surface area contributed by atoms with Crippen LogP contribution in [-0.4, -0.2) is 23.2 Å². The Kier molecular flexibility index (Phi) is 3.06. The summed E-state index contributed by atoms with van der Waals surface area (Å²) in [6.45, 7) is 1.64. The molecule has 0 radical (unpaired) electrons. The highest BCUT2D eigenvalue weighted by molar-refractivity contribution is 7.07. The highest BCUT2D eigenvalue weighted by Gasteiger charge is 2.42. The maximum Gasteiger partial charge on any atom is 0.304 e. The van der Waals surface area contributed by atoms with Gasteiger partial charge in [0.25, 0.3) is 0 Å². The average Bonchev–Trinajstić information content (AvgIpc) is 2.71. The van der Waals surface area contributed by atoms with Crippen LogP contribution in [0.3, 0.4) is 0 Å². The molecule has 0 bridgehead atoms. The Morgan fingerprint density at radius 3 is 3.12 bits per heavy atom. The van der Waals surface area contributed by atoms with E-state index in [0.29, 0.717) is 6.04 Å².